The van der Waals surface area contributed by atoms with Crippen LogP contribution in [0.3, 0.4) is 0 Å². The molecule has 11 heavy (non-hydrogen) atoms. The summed E-state index contributed by atoms with van der Waals surface area (Å²) in [6, 6.07) is 0. The lowest BCUT2D eigenvalue weighted by Crippen LogP contribution is -2.29. The van der Waals surface area contributed by atoms with Crippen LogP contribution in [0.4, 0.5) is 4.39 Å². The molecule has 0 aromatic heterocycles. The summed E-state index contributed by atoms with van der Waals surface area (Å²) in [7, 11) is 0. The molecule has 0 unspecified atom stereocenters. The molecule has 0 aromatic carbocycles. The second-order valence-electron chi connectivity index (χ2n) is 4.29. The molecule has 0 bridgehead atoms. The van der Waals surface area contributed by atoms with E-state index in [9.17, 15) is 4.39 Å². The maximum Gasteiger partial charge on any atom is 0.122 e. The van der Waals surface area contributed by atoms with Crippen LogP contribution in [0.15, 0.2) is 0 Å². The van der Waals surface area contributed by atoms with Crippen LogP contribution < -0.4 is 0 Å². The zero-order valence-corrected chi connectivity index (χ0v) is 7.73. The van der Waals surface area contributed by atoms with E-state index < -0.39 is 5.67 Å². The molecule has 0 radical (unpaired) electrons. The molecule has 0 N–H and O–H groups in total. The highest BCUT2D eigenvalue weighted by molar-refractivity contribution is 4.86. The number of rotatable bonds is 2. The van der Waals surface area contributed by atoms with Crippen molar-refractivity contribution in [3.8, 4) is 0 Å². The molecule has 0 aromatic rings. The van der Waals surface area contributed by atoms with Gasteiger partial charge in [-0.1, -0.05) is 13.8 Å². The fraction of sp³-hybridized carbons (Fsp3) is 1.00. The van der Waals surface area contributed by atoms with Gasteiger partial charge in [0.15, 0.2) is 0 Å². The molecular weight excluding hydrogens is 141 g/mol. The predicted octanol–water partition coefficient (Wildman–Crippen LogP) is 2.08. The van der Waals surface area contributed by atoms with Gasteiger partial charge in [0.05, 0.1) is 0 Å². The van der Waals surface area contributed by atoms with Gasteiger partial charge in [-0.3, -0.25) is 4.90 Å². The van der Waals surface area contributed by atoms with Crippen LogP contribution in [0, 0.1) is 5.92 Å². The Bertz CT molecular complexity index is 132. The summed E-state index contributed by atoms with van der Waals surface area (Å²) in [5, 5.41) is 0. The third-order valence-corrected chi connectivity index (χ3v) is 2.13. The molecule has 1 atom stereocenters. The van der Waals surface area contributed by atoms with Gasteiger partial charge in [-0.15, -0.1) is 0 Å². The van der Waals surface area contributed by atoms with Crippen molar-refractivity contribution in [3.63, 3.8) is 0 Å². The van der Waals surface area contributed by atoms with Gasteiger partial charge in [0.1, 0.15) is 5.67 Å². The van der Waals surface area contributed by atoms with Gasteiger partial charge in [0, 0.05) is 19.6 Å². The van der Waals surface area contributed by atoms with E-state index in [1.807, 2.05) is 0 Å². The molecule has 66 valence electrons. The minimum atomic E-state index is -0.922. The van der Waals surface area contributed by atoms with E-state index in [2.05, 4.69) is 18.7 Å². The van der Waals surface area contributed by atoms with E-state index in [0.29, 0.717) is 18.9 Å². The topological polar surface area (TPSA) is 3.24 Å². The maximum atomic E-state index is 13.3. The monoisotopic (exact) mass is 159 g/mol. The van der Waals surface area contributed by atoms with Gasteiger partial charge < -0.3 is 0 Å². The van der Waals surface area contributed by atoms with Crippen molar-refractivity contribution in [3.05, 3.63) is 0 Å². The Morgan fingerprint density at radius 3 is 2.55 bits per heavy atom. The van der Waals surface area contributed by atoms with Gasteiger partial charge >= 0.3 is 0 Å². The summed E-state index contributed by atoms with van der Waals surface area (Å²) >= 11 is 0. The van der Waals surface area contributed by atoms with Crippen LogP contribution >= 0.6 is 0 Å². The lowest BCUT2D eigenvalue weighted by atomic mass is 10.1. The smallest absolute Gasteiger partial charge is 0.122 e. The van der Waals surface area contributed by atoms with E-state index in [1.54, 1.807) is 6.92 Å². The number of likely N-dealkylation sites (tertiary alicyclic amines) is 1. The van der Waals surface area contributed by atoms with E-state index in [1.165, 1.54) is 0 Å². The van der Waals surface area contributed by atoms with Crippen molar-refractivity contribution >= 4 is 0 Å². The van der Waals surface area contributed by atoms with Crippen LogP contribution in [-0.4, -0.2) is 30.2 Å². The summed E-state index contributed by atoms with van der Waals surface area (Å²) in [6.45, 7) is 8.66. The van der Waals surface area contributed by atoms with Crippen LogP contribution in [0.2, 0.25) is 0 Å². The first kappa shape index (κ1) is 8.98. The largest absolute Gasteiger partial charge is 0.300 e. The Hall–Kier alpha value is -0.110. The van der Waals surface area contributed by atoms with Gasteiger partial charge in [-0.2, -0.15) is 0 Å². The molecule has 1 fully saturated rings. The zero-order chi connectivity index (χ0) is 8.48. The molecule has 2 heteroatoms. The van der Waals surface area contributed by atoms with Gasteiger partial charge in [0.2, 0.25) is 0 Å². The first-order chi connectivity index (χ1) is 4.99. The quantitative estimate of drug-likeness (QED) is 0.596. The fourth-order valence-electron chi connectivity index (χ4n) is 1.69. The van der Waals surface area contributed by atoms with E-state index in [4.69, 9.17) is 0 Å². The highest BCUT2D eigenvalue weighted by Crippen LogP contribution is 2.24. The molecule has 0 saturated carbocycles. The van der Waals surface area contributed by atoms with Crippen molar-refractivity contribution in [2.45, 2.75) is 32.9 Å². The molecular formula is C9H18FN. The molecule has 1 rings (SSSR count). The molecule has 0 aliphatic carbocycles. The van der Waals surface area contributed by atoms with Crippen molar-refractivity contribution in [2.24, 2.45) is 5.92 Å². The normalized spacial score (nSPS) is 33.5. The van der Waals surface area contributed by atoms with Crippen LogP contribution in [0.1, 0.15) is 27.2 Å². The summed E-state index contributed by atoms with van der Waals surface area (Å²) in [6.07, 6.45) is 0.708. The molecule has 1 aliphatic rings. The van der Waals surface area contributed by atoms with Gasteiger partial charge in [0.25, 0.3) is 0 Å². The van der Waals surface area contributed by atoms with Crippen LogP contribution in [-0.2, 0) is 0 Å². The van der Waals surface area contributed by atoms with E-state index in [-0.39, 0.29) is 0 Å². The summed E-state index contributed by atoms with van der Waals surface area (Å²) in [5.41, 5.74) is -0.922. The van der Waals surface area contributed by atoms with Crippen molar-refractivity contribution in [2.75, 3.05) is 19.6 Å². The molecule has 0 amide bonds. The highest BCUT2D eigenvalue weighted by atomic mass is 19.1. The Morgan fingerprint density at radius 1 is 1.55 bits per heavy atom. The SMILES string of the molecule is CC(C)CN1CC[C@@](C)(F)C1. The second kappa shape index (κ2) is 3.10. The zero-order valence-electron chi connectivity index (χ0n) is 7.73. The number of alkyl halides is 1. The highest BCUT2D eigenvalue weighted by Gasteiger charge is 2.33. The maximum absolute atomic E-state index is 13.3. The molecule has 1 nitrogen and oxygen atoms in total. The van der Waals surface area contributed by atoms with Gasteiger partial charge in [-0.25, -0.2) is 4.39 Å². The summed E-state index contributed by atoms with van der Waals surface area (Å²) < 4.78 is 13.3. The third kappa shape index (κ3) is 2.78. The molecule has 1 saturated heterocycles. The first-order valence-electron chi connectivity index (χ1n) is 4.41. The summed E-state index contributed by atoms with van der Waals surface area (Å²) in [5.74, 6) is 0.656. The average Bonchev–Trinajstić information content (AvgIpc) is 2.08. The minimum absolute atomic E-state index is 0.630. The van der Waals surface area contributed by atoms with Crippen molar-refractivity contribution in [1.82, 2.24) is 4.90 Å². The Kier molecular flexibility index (Phi) is 2.53. The molecule has 1 heterocycles. The van der Waals surface area contributed by atoms with Crippen LogP contribution in [0.25, 0.3) is 0 Å². The lowest BCUT2D eigenvalue weighted by Gasteiger charge is -2.18. The fourth-order valence-corrected chi connectivity index (χ4v) is 1.69. The minimum Gasteiger partial charge on any atom is -0.300 e. The van der Waals surface area contributed by atoms with Gasteiger partial charge in [-0.05, 0) is 19.3 Å². The van der Waals surface area contributed by atoms with Crippen molar-refractivity contribution < 1.29 is 4.39 Å². The summed E-state index contributed by atoms with van der Waals surface area (Å²) in [4.78, 5) is 2.21. The number of hydrogen-bond donors (Lipinski definition) is 0. The Morgan fingerprint density at radius 2 is 2.18 bits per heavy atom. The average molecular weight is 159 g/mol. The Labute approximate surface area is 68.6 Å². The molecule has 0 spiro atoms. The van der Waals surface area contributed by atoms with E-state index >= 15 is 0 Å². The third-order valence-electron chi connectivity index (χ3n) is 2.13. The molecule has 1 aliphatic heterocycles. The lowest BCUT2D eigenvalue weighted by molar-refractivity contribution is 0.182. The number of hydrogen-bond acceptors (Lipinski definition) is 1. The number of nitrogens with zero attached hydrogens (tertiary/aromatic N) is 1. The van der Waals surface area contributed by atoms with Crippen molar-refractivity contribution in [1.29, 1.82) is 0 Å². The predicted molar refractivity (Wildman–Crippen MR) is 45.4 cm³/mol. The second-order valence-corrected chi connectivity index (χ2v) is 4.29. The standard InChI is InChI=1S/C9H18FN/c1-8(2)6-11-5-4-9(3,10)7-11/h8H,4-7H2,1-3H3/t9-/m1/s1. The Balaban J connectivity index is 2.31. The van der Waals surface area contributed by atoms with Crippen LogP contribution in [0.5, 0.6) is 0 Å². The van der Waals surface area contributed by atoms with E-state index in [0.717, 1.165) is 13.1 Å². The number of halogens is 1. The first-order valence-corrected chi connectivity index (χ1v) is 4.41.